The van der Waals surface area contributed by atoms with E-state index < -0.39 is 0 Å². The molecule has 0 aromatic heterocycles. The number of hydrogen-bond acceptors (Lipinski definition) is 1. The summed E-state index contributed by atoms with van der Waals surface area (Å²) in [5.74, 6) is 2.10. The Labute approximate surface area is 111 Å². The molecule has 0 saturated carbocycles. The van der Waals surface area contributed by atoms with Gasteiger partial charge in [-0.2, -0.15) is 0 Å². The van der Waals surface area contributed by atoms with Gasteiger partial charge < -0.3 is 0 Å². The molecule has 1 aromatic carbocycles. The number of hydrogen-bond donors (Lipinski definition) is 0. The van der Waals surface area contributed by atoms with Gasteiger partial charge in [0.25, 0.3) is 0 Å². The number of rotatable bonds is 9. The van der Waals surface area contributed by atoms with Crippen molar-refractivity contribution in [1.29, 1.82) is 0 Å². The second-order valence-corrected chi connectivity index (χ2v) is 4.82. The van der Waals surface area contributed by atoms with Gasteiger partial charge >= 0.3 is 0 Å². The lowest BCUT2D eigenvalue weighted by Crippen LogP contribution is -1.87. The van der Waals surface area contributed by atoms with Crippen LogP contribution in [0.15, 0.2) is 30.3 Å². The van der Waals surface area contributed by atoms with Crippen LogP contribution in [0.4, 0.5) is 0 Å². The van der Waals surface area contributed by atoms with Crippen molar-refractivity contribution in [3.05, 3.63) is 35.9 Å². The molecule has 18 heavy (non-hydrogen) atoms. The van der Waals surface area contributed by atoms with Crippen LogP contribution in [-0.4, -0.2) is 5.94 Å². The predicted molar refractivity (Wildman–Crippen MR) is 78.2 cm³/mol. The van der Waals surface area contributed by atoms with E-state index in [-0.39, 0.29) is 0 Å². The van der Waals surface area contributed by atoms with Crippen molar-refractivity contribution in [2.24, 2.45) is 0 Å². The number of unbranched alkanes of at least 4 members (excludes halogenated alkanes) is 6. The van der Waals surface area contributed by atoms with Gasteiger partial charge in [-0.1, -0.05) is 75.8 Å². The monoisotopic (exact) mass is 244 g/mol. The van der Waals surface area contributed by atoms with Gasteiger partial charge in [-0.15, -0.1) is 0 Å². The maximum absolute atomic E-state index is 10.9. The molecule has 0 radical (unpaired) electrons. The summed E-state index contributed by atoms with van der Waals surface area (Å²) in [5, 5.41) is 0. The van der Waals surface area contributed by atoms with Gasteiger partial charge in [0.2, 0.25) is 0 Å². The molecule has 1 heteroatoms. The summed E-state index contributed by atoms with van der Waals surface area (Å²) in [6.07, 6.45) is 9.82. The Morgan fingerprint density at radius 3 is 2.17 bits per heavy atom. The van der Waals surface area contributed by atoms with Crippen molar-refractivity contribution in [1.82, 2.24) is 0 Å². The summed E-state index contributed by atoms with van der Waals surface area (Å²) in [7, 11) is 0. The first-order valence-electron chi connectivity index (χ1n) is 7.18. The largest absolute Gasteiger partial charge is 0.233 e. The van der Waals surface area contributed by atoms with Gasteiger partial charge in [0.05, 0.1) is 0 Å². The highest BCUT2D eigenvalue weighted by molar-refractivity contribution is 5.87. The molecule has 1 aromatic rings. The Morgan fingerprint density at radius 1 is 0.944 bits per heavy atom. The van der Waals surface area contributed by atoms with E-state index in [4.69, 9.17) is 0 Å². The molecule has 0 fully saturated rings. The average molecular weight is 244 g/mol. The van der Waals surface area contributed by atoms with Crippen molar-refractivity contribution in [2.75, 3.05) is 0 Å². The van der Waals surface area contributed by atoms with Gasteiger partial charge in [-0.05, 0) is 18.4 Å². The van der Waals surface area contributed by atoms with Crippen molar-refractivity contribution in [2.45, 2.75) is 58.3 Å². The molecule has 0 bridgehead atoms. The third-order valence-electron chi connectivity index (χ3n) is 3.28. The van der Waals surface area contributed by atoms with E-state index in [2.05, 4.69) is 12.9 Å². The van der Waals surface area contributed by atoms with Crippen molar-refractivity contribution < 1.29 is 4.79 Å². The second kappa shape index (κ2) is 9.67. The molecular formula is C17H24O. The standard InChI is InChI=1S/C17H24O/c1-2-3-4-5-6-7-9-14-17(15-18)16-12-10-8-11-13-16/h8,10-13H,2-7,9,14H2,1H3. The smallest absolute Gasteiger partial charge is 0.128 e. The first-order valence-corrected chi connectivity index (χ1v) is 7.18. The summed E-state index contributed by atoms with van der Waals surface area (Å²) in [4.78, 5) is 10.9. The molecule has 0 spiro atoms. The molecular weight excluding hydrogens is 220 g/mol. The Bertz CT molecular complexity index is 360. The minimum absolute atomic E-state index is 0.823. The fraction of sp³-hybridized carbons (Fsp3) is 0.529. The van der Waals surface area contributed by atoms with Crippen LogP contribution in [0.5, 0.6) is 0 Å². The van der Waals surface area contributed by atoms with Crippen LogP contribution in [0.1, 0.15) is 63.9 Å². The van der Waals surface area contributed by atoms with E-state index >= 15 is 0 Å². The molecule has 1 nitrogen and oxygen atoms in total. The van der Waals surface area contributed by atoms with Crippen LogP contribution in [-0.2, 0) is 4.79 Å². The highest BCUT2D eigenvalue weighted by atomic mass is 16.1. The minimum atomic E-state index is 0.823. The van der Waals surface area contributed by atoms with Gasteiger partial charge in [0.15, 0.2) is 0 Å². The van der Waals surface area contributed by atoms with E-state index in [1.165, 1.54) is 38.5 Å². The van der Waals surface area contributed by atoms with Gasteiger partial charge in [-0.3, -0.25) is 0 Å². The zero-order valence-electron chi connectivity index (χ0n) is 11.5. The highest BCUT2D eigenvalue weighted by Gasteiger charge is 2.01. The maximum Gasteiger partial charge on any atom is 0.128 e. The van der Waals surface area contributed by atoms with Crippen LogP contribution in [0.2, 0.25) is 0 Å². The summed E-state index contributed by atoms with van der Waals surface area (Å²) in [5.41, 5.74) is 1.85. The van der Waals surface area contributed by atoms with Crippen LogP contribution >= 0.6 is 0 Å². The number of carbonyl (C=O) groups excluding carboxylic acids is 1. The van der Waals surface area contributed by atoms with Crippen molar-refractivity contribution >= 4 is 11.5 Å². The van der Waals surface area contributed by atoms with Crippen molar-refractivity contribution in [3.8, 4) is 0 Å². The summed E-state index contributed by atoms with van der Waals surface area (Å²) >= 11 is 0. The van der Waals surface area contributed by atoms with E-state index in [0.717, 1.165) is 24.0 Å². The predicted octanol–water partition coefficient (Wildman–Crippen LogP) is 5.04. The van der Waals surface area contributed by atoms with Crippen LogP contribution < -0.4 is 0 Å². The molecule has 0 heterocycles. The fourth-order valence-electron chi connectivity index (χ4n) is 2.15. The lowest BCUT2D eigenvalue weighted by atomic mass is 10.0. The normalized spacial score (nSPS) is 10.1. The average Bonchev–Trinajstić information content (AvgIpc) is 2.43. The van der Waals surface area contributed by atoms with E-state index in [1.54, 1.807) is 0 Å². The van der Waals surface area contributed by atoms with Crippen molar-refractivity contribution in [3.63, 3.8) is 0 Å². The summed E-state index contributed by atoms with van der Waals surface area (Å²) in [6.45, 7) is 2.24. The molecule has 0 aliphatic rings. The third kappa shape index (κ3) is 5.84. The second-order valence-electron chi connectivity index (χ2n) is 4.82. The first-order chi connectivity index (χ1) is 8.88. The quantitative estimate of drug-likeness (QED) is 0.439. The minimum Gasteiger partial charge on any atom is -0.233 e. The Balaban J connectivity index is 2.20. The lowest BCUT2D eigenvalue weighted by molar-refractivity contribution is 0.567. The fourth-order valence-corrected chi connectivity index (χ4v) is 2.15. The molecule has 0 N–H and O–H groups in total. The van der Waals surface area contributed by atoms with Crippen LogP contribution in [0.25, 0.3) is 5.57 Å². The van der Waals surface area contributed by atoms with Crippen LogP contribution in [0, 0.1) is 0 Å². The molecule has 0 aliphatic heterocycles. The molecule has 0 atom stereocenters. The van der Waals surface area contributed by atoms with E-state index in [1.807, 2.05) is 30.3 Å². The Hall–Kier alpha value is -1.33. The Kier molecular flexibility index (Phi) is 7.92. The lowest BCUT2D eigenvalue weighted by Gasteiger charge is -2.04. The summed E-state index contributed by atoms with van der Waals surface area (Å²) < 4.78 is 0. The third-order valence-corrected chi connectivity index (χ3v) is 3.28. The zero-order chi connectivity index (χ0) is 13.1. The zero-order valence-corrected chi connectivity index (χ0v) is 11.5. The van der Waals surface area contributed by atoms with E-state index in [0.29, 0.717) is 0 Å². The van der Waals surface area contributed by atoms with E-state index in [9.17, 15) is 4.79 Å². The molecule has 0 unspecified atom stereocenters. The van der Waals surface area contributed by atoms with Gasteiger partial charge in [0, 0.05) is 5.57 Å². The molecule has 98 valence electrons. The maximum atomic E-state index is 10.9. The SMILES string of the molecule is CCCCCCCCCC(=C=O)c1ccccc1. The Morgan fingerprint density at radius 2 is 1.56 bits per heavy atom. The molecule has 0 aliphatic carbocycles. The number of allylic oxidation sites excluding steroid dienone is 1. The molecule has 0 saturated heterocycles. The number of benzene rings is 1. The molecule has 0 amide bonds. The van der Waals surface area contributed by atoms with Gasteiger partial charge in [0.1, 0.15) is 5.94 Å². The van der Waals surface area contributed by atoms with Crippen LogP contribution in [0.3, 0.4) is 0 Å². The summed E-state index contributed by atoms with van der Waals surface area (Å²) in [6, 6.07) is 9.89. The van der Waals surface area contributed by atoms with Gasteiger partial charge in [-0.25, -0.2) is 4.79 Å². The highest BCUT2D eigenvalue weighted by Crippen LogP contribution is 2.18. The topological polar surface area (TPSA) is 17.1 Å². The molecule has 1 rings (SSSR count). The first kappa shape index (κ1) is 14.7.